The standard InChI is InChI=1S/C25H41N3O7.C2H6/c1-22(2,3)33-20(30)28(35-21(31)34-23(4,5)6)15-17-11-13-18(14-12-17)32-25(9,10)16-24(7,8)19(29)27-26;1-2/h11-14H,15-16,26H2,1-10H3,(H,27,29);1-2H3. The molecule has 1 aromatic carbocycles. The Hall–Kier alpha value is -3.01. The number of ether oxygens (including phenoxy) is 3. The number of carbonyl (C=O) groups excluding carboxylic acids is 3. The van der Waals surface area contributed by atoms with Crippen LogP contribution in [0.3, 0.4) is 0 Å². The van der Waals surface area contributed by atoms with E-state index >= 15 is 0 Å². The first-order valence-corrected chi connectivity index (χ1v) is 12.4. The topological polar surface area (TPSA) is 129 Å². The first-order valence-electron chi connectivity index (χ1n) is 12.4. The monoisotopic (exact) mass is 525 g/mol. The van der Waals surface area contributed by atoms with Gasteiger partial charge in [-0.3, -0.25) is 15.1 Å². The van der Waals surface area contributed by atoms with Crippen LogP contribution in [-0.2, 0) is 25.7 Å². The lowest BCUT2D eigenvalue weighted by Crippen LogP contribution is -2.45. The maximum absolute atomic E-state index is 12.6. The summed E-state index contributed by atoms with van der Waals surface area (Å²) in [7, 11) is 0. The van der Waals surface area contributed by atoms with E-state index in [0.717, 1.165) is 5.06 Å². The predicted octanol–water partition coefficient (Wildman–Crippen LogP) is 5.88. The Balaban J connectivity index is 0.00000631. The fourth-order valence-electron chi connectivity index (χ4n) is 3.33. The molecule has 37 heavy (non-hydrogen) atoms. The lowest BCUT2D eigenvalue weighted by molar-refractivity contribution is -0.140. The highest BCUT2D eigenvalue weighted by Gasteiger charge is 2.36. The number of benzene rings is 1. The van der Waals surface area contributed by atoms with E-state index in [0.29, 0.717) is 17.7 Å². The molecule has 0 unspecified atom stereocenters. The molecule has 1 rings (SSSR count). The lowest BCUT2D eigenvalue weighted by Gasteiger charge is -2.34. The summed E-state index contributed by atoms with van der Waals surface area (Å²) in [6.07, 6.45) is -1.43. The van der Waals surface area contributed by atoms with Crippen LogP contribution in [0.4, 0.5) is 9.59 Å². The van der Waals surface area contributed by atoms with Crippen molar-refractivity contribution in [2.24, 2.45) is 11.3 Å². The molecule has 10 nitrogen and oxygen atoms in total. The third-order valence-electron chi connectivity index (χ3n) is 4.43. The molecule has 0 bridgehead atoms. The summed E-state index contributed by atoms with van der Waals surface area (Å²) in [5.41, 5.74) is -0.131. The van der Waals surface area contributed by atoms with Crippen molar-refractivity contribution in [1.29, 1.82) is 0 Å². The van der Waals surface area contributed by atoms with Crippen LogP contribution in [0.15, 0.2) is 24.3 Å². The highest BCUT2D eigenvalue weighted by molar-refractivity contribution is 5.81. The molecule has 1 aromatic rings. The first kappa shape index (κ1) is 34.0. The van der Waals surface area contributed by atoms with Crippen LogP contribution >= 0.6 is 0 Å². The van der Waals surface area contributed by atoms with Gasteiger partial charge in [-0.1, -0.05) is 39.8 Å². The molecule has 3 N–H and O–H groups in total. The molecule has 10 heteroatoms. The summed E-state index contributed by atoms with van der Waals surface area (Å²) >= 11 is 0. The molecule has 0 saturated heterocycles. The molecule has 0 fully saturated rings. The molecule has 212 valence electrons. The van der Waals surface area contributed by atoms with E-state index in [1.165, 1.54) is 0 Å². The van der Waals surface area contributed by atoms with E-state index in [9.17, 15) is 14.4 Å². The van der Waals surface area contributed by atoms with Gasteiger partial charge in [-0.2, -0.15) is 0 Å². The second kappa shape index (κ2) is 13.5. The van der Waals surface area contributed by atoms with E-state index < -0.39 is 34.5 Å². The molecule has 0 aliphatic carbocycles. The van der Waals surface area contributed by atoms with Crippen molar-refractivity contribution in [2.75, 3.05) is 0 Å². The van der Waals surface area contributed by atoms with Crippen LogP contribution in [0.5, 0.6) is 5.75 Å². The highest BCUT2D eigenvalue weighted by atomic mass is 16.8. The normalized spacial score (nSPS) is 11.9. The van der Waals surface area contributed by atoms with E-state index in [2.05, 4.69) is 5.43 Å². The number of rotatable bonds is 7. The van der Waals surface area contributed by atoms with Crippen molar-refractivity contribution < 1.29 is 33.4 Å². The van der Waals surface area contributed by atoms with Gasteiger partial charge in [0.05, 0.1) is 6.54 Å². The maximum atomic E-state index is 12.6. The maximum Gasteiger partial charge on any atom is 0.534 e. The number of hydrogen-bond acceptors (Lipinski definition) is 8. The number of nitrogens with zero attached hydrogens (tertiary/aromatic N) is 1. The Morgan fingerprint density at radius 3 is 1.76 bits per heavy atom. The zero-order chi connectivity index (χ0) is 29.2. The van der Waals surface area contributed by atoms with Gasteiger partial charge >= 0.3 is 12.2 Å². The molecule has 0 saturated carbocycles. The second-order valence-corrected chi connectivity index (χ2v) is 11.6. The third kappa shape index (κ3) is 13.8. The van der Waals surface area contributed by atoms with Gasteiger partial charge in [0.2, 0.25) is 5.91 Å². The number of nitrogens with one attached hydrogen (secondary N) is 1. The fourth-order valence-corrected chi connectivity index (χ4v) is 3.33. The Morgan fingerprint density at radius 1 is 0.838 bits per heavy atom. The summed E-state index contributed by atoms with van der Waals surface area (Å²) < 4.78 is 16.6. The van der Waals surface area contributed by atoms with Crippen LogP contribution in [0.25, 0.3) is 0 Å². The zero-order valence-corrected chi connectivity index (χ0v) is 24.6. The second-order valence-electron chi connectivity index (χ2n) is 11.6. The summed E-state index contributed by atoms with van der Waals surface area (Å²) in [6, 6.07) is 6.93. The molecular weight excluding hydrogens is 478 g/mol. The molecule has 0 aliphatic heterocycles. The van der Waals surface area contributed by atoms with E-state index in [1.807, 2.05) is 27.7 Å². The summed E-state index contributed by atoms with van der Waals surface area (Å²) in [5.74, 6) is 5.57. The van der Waals surface area contributed by atoms with Gasteiger partial charge in [0.1, 0.15) is 22.6 Å². The largest absolute Gasteiger partial charge is 0.534 e. The van der Waals surface area contributed by atoms with Gasteiger partial charge < -0.3 is 14.2 Å². The van der Waals surface area contributed by atoms with Crippen molar-refractivity contribution >= 4 is 18.2 Å². The van der Waals surface area contributed by atoms with Crippen LogP contribution in [-0.4, -0.2) is 40.0 Å². The van der Waals surface area contributed by atoms with Crippen LogP contribution in [0.2, 0.25) is 0 Å². The van der Waals surface area contributed by atoms with E-state index in [-0.39, 0.29) is 12.5 Å². The number of hydroxylamine groups is 2. The van der Waals surface area contributed by atoms with E-state index in [4.69, 9.17) is 24.9 Å². The Morgan fingerprint density at radius 2 is 1.32 bits per heavy atom. The zero-order valence-electron chi connectivity index (χ0n) is 24.6. The number of hydrazine groups is 1. The van der Waals surface area contributed by atoms with Crippen LogP contribution in [0, 0.1) is 5.41 Å². The summed E-state index contributed by atoms with van der Waals surface area (Å²) in [6.45, 7) is 21.5. The minimum atomic E-state index is -1.02. The molecule has 0 atom stereocenters. The number of hydrogen-bond donors (Lipinski definition) is 2. The van der Waals surface area contributed by atoms with Gasteiger partial charge in [-0.05, 0) is 73.1 Å². The number of carbonyl (C=O) groups is 3. The highest BCUT2D eigenvalue weighted by Crippen LogP contribution is 2.32. The molecule has 0 spiro atoms. The molecule has 2 amide bonds. The SMILES string of the molecule is CC.CC(C)(C)OC(=O)ON(Cc1ccc(OC(C)(C)CC(C)(C)C(=O)NN)cc1)C(=O)OC(C)(C)C. The van der Waals surface area contributed by atoms with Crippen molar-refractivity contribution in [2.45, 2.75) is 113 Å². The predicted molar refractivity (Wildman–Crippen MR) is 142 cm³/mol. The quantitative estimate of drug-likeness (QED) is 0.195. The summed E-state index contributed by atoms with van der Waals surface area (Å²) in [4.78, 5) is 42.0. The average molecular weight is 526 g/mol. The molecule has 0 radical (unpaired) electrons. The lowest BCUT2D eigenvalue weighted by atomic mass is 9.81. The van der Waals surface area contributed by atoms with E-state index in [1.54, 1.807) is 79.7 Å². The van der Waals surface area contributed by atoms with Crippen molar-refractivity contribution in [3.63, 3.8) is 0 Å². The van der Waals surface area contributed by atoms with Crippen molar-refractivity contribution in [3.05, 3.63) is 29.8 Å². The average Bonchev–Trinajstić information content (AvgIpc) is 2.71. The van der Waals surface area contributed by atoms with Crippen LogP contribution < -0.4 is 16.0 Å². The van der Waals surface area contributed by atoms with Crippen molar-refractivity contribution in [1.82, 2.24) is 10.5 Å². The van der Waals surface area contributed by atoms with Gasteiger partial charge in [-0.15, -0.1) is 5.06 Å². The van der Waals surface area contributed by atoms with Gasteiger partial charge in [0.25, 0.3) is 0 Å². The van der Waals surface area contributed by atoms with Gasteiger partial charge in [0.15, 0.2) is 0 Å². The molecular formula is C27H47N3O7. The molecule has 0 heterocycles. The Bertz CT molecular complexity index is 883. The van der Waals surface area contributed by atoms with Gasteiger partial charge in [-0.25, -0.2) is 15.4 Å². The number of nitrogens with two attached hydrogens (primary N) is 1. The fraction of sp³-hybridized carbons (Fsp3) is 0.667. The first-order chi connectivity index (χ1) is 16.7. The van der Waals surface area contributed by atoms with Crippen molar-refractivity contribution in [3.8, 4) is 5.75 Å². The smallest absolute Gasteiger partial charge is 0.488 e. The molecule has 0 aromatic heterocycles. The Kier molecular flexibility index (Phi) is 12.4. The number of amides is 2. The minimum absolute atomic E-state index is 0.0679. The van der Waals surface area contributed by atoms with Gasteiger partial charge in [0, 0.05) is 11.8 Å². The van der Waals surface area contributed by atoms with Crippen LogP contribution in [0.1, 0.15) is 95.1 Å². The molecule has 0 aliphatic rings. The summed E-state index contributed by atoms with van der Waals surface area (Å²) in [5, 5.41) is 0.813. The Labute approximate surface area is 222 Å². The minimum Gasteiger partial charge on any atom is -0.488 e. The third-order valence-corrected chi connectivity index (χ3v) is 4.43.